The first-order valence-electron chi connectivity index (χ1n) is 7.20. The molecule has 0 aliphatic rings. The highest BCUT2D eigenvalue weighted by atomic mass is 127. The van der Waals surface area contributed by atoms with Gasteiger partial charge in [0.2, 0.25) is 0 Å². The van der Waals surface area contributed by atoms with Gasteiger partial charge in [0.15, 0.2) is 11.5 Å². The topological polar surface area (TPSA) is 38.8 Å². The normalized spacial score (nSPS) is 10.3. The molecule has 0 bridgehead atoms. The molecule has 4 nitrogen and oxygen atoms in total. The van der Waals surface area contributed by atoms with Crippen molar-refractivity contribution in [2.75, 3.05) is 21.3 Å². The smallest absolute Gasteiger partial charge is 0.254 e. The van der Waals surface area contributed by atoms with Crippen molar-refractivity contribution in [1.82, 2.24) is 4.90 Å². The van der Waals surface area contributed by atoms with Crippen molar-refractivity contribution < 1.29 is 14.3 Å². The summed E-state index contributed by atoms with van der Waals surface area (Å²) in [5, 5.41) is 0. The van der Waals surface area contributed by atoms with Crippen LogP contribution in [0, 0.1) is 10.5 Å². The van der Waals surface area contributed by atoms with E-state index in [1.54, 1.807) is 26.2 Å². The van der Waals surface area contributed by atoms with Gasteiger partial charge in [-0.3, -0.25) is 4.79 Å². The fourth-order valence-corrected chi connectivity index (χ4v) is 3.01. The van der Waals surface area contributed by atoms with Crippen LogP contribution in [0.2, 0.25) is 0 Å². The van der Waals surface area contributed by atoms with Crippen molar-refractivity contribution in [3.63, 3.8) is 0 Å². The minimum absolute atomic E-state index is 0.0111. The van der Waals surface area contributed by atoms with Gasteiger partial charge in [-0.25, -0.2) is 0 Å². The molecule has 23 heavy (non-hydrogen) atoms. The molecule has 0 atom stereocenters. The van der Waals surface area contributed by atoms with E-state index in [4.69, 9.17) is 9.47 Å². The molecule has 0 N–H and O–H groups in total. The van der Waals surface area contributed by atoms with E-state index in [-0.39, 0.29) is 5.91 Å². The zero-order valence-electron chi connectivity index (χ0n) is 13.7. The Morgan fingerprint density at radius 1 is 1.13 bits per heavy atom. The molecule has 2 aromatic carbocycles. The van der Waals surface area contributed by atoms with E-state index < -0.39 is 0 Å². The molecular weight excluding hydrogens is 405 g/mol. The Hall–Kier alpha value is -1.76. The number of carbonyl (C=O) groups is 1. The number of hydrogen-bond donors (Lipinski definition) is 0. The third-order valence-electron chi connectivity index (χ3n) is 3.66. The fourth-order valence-electron chi connectivity index (χ4n) is 2.42. The molecule has 1 amide bonds. The van der Waals surface area contributed by atoms with Crippen LogP contribution in [0.4, 0.5) is 0 Å². The van der Waals surface area contributed by atoms with Crippen molar-refractivity contribution in [2.24, 2.45) is 0 Å². The van der Waals surface area contributed by atoms with Crippen LogP contribution >= 0.6 is 22.6 Å². The molecule has 0 radical (unpaired) electrons. The van der Waals surface area contributed by atoms with E-state index in [0.717, 1.165) is 20.3 Å². The highest BCUT2D eigenvalue weighted by Crippen LogP contribution is 2.31. The Kier molecular flexibility index (Phi) is 5.87. The van der Waals surface area contributed by atoms with Crippen LogP contribution in [0.3, 0.4) is 0 Å². The van der Waals surface area contributed by atoms with E-state index in [1.807, 2.05) is 43.3 Å². The van der Waals surface area contributed by atoms with E-state index in [1.165, 1.54) is 0 Å². The van der Waals surface area contributed by atoms with Crippen molar-refractivity contribution in [3.8, 4) is 11.5 Å². The molecule has 0 aliphatic heterocycles. The molecule has 0 saturated heterocycles. The number of benzene rings is 2. The van der Waals surface area contributed by atoms with Crippen LogP contribution in [-0.2, 0) is 6.54 Å². The molecule has 122 valence electrons. The van der Waals surface area contributed by atoms with Gasteiger partial charge in [-0.15, -0.1) is 0 Å². The maximum absolute atomic E-state index is 12.7. The quantitative estimate of drug-likeness (QED) is 0.683. The molecule has 0 aromatic heterocycles. The van der Waals surface area contributed by atoms with Crippen LogP contribution in [0.15, 0.2) is 36.4 Å². The van der Waals surface area contributed by atoms with Gasteiger partial charge >= 0.3 is 0 Å². The second kappa shape index (κ2) is 7.68. The predicted octanol–water partition coefficient (Wildman–Crippen LogP) is 3.89. The van der Waals surface area contributed by atoms with Crippen LogP contribution in [0.5, 0.6) is 11.5 Å². The van der Waals surface area contributed by atoms with Crippen LogP contribution in [0.1, 0.15) is 21.5 Å². The molecule has 2 aromatic rings. The Bertz CT molecular complexity index is 715. The Morgan fingerprint density at radius 2 is 1.83 bits per heavy atom. The van der Waals surface area contributed by atoms with Gasteiger partial charge in [-0.2, -0.15) is 0 Å². The lowest BCUT2D eigenvalue weighted by molar-refractivity contribution is 0.0783. The average molecular weight is 425 g/mol. The first kappa shape index (κ1) is 17.6. The van der Waals surface area contributed by atoms with Gasteiger partial charge in [0.1, 0.15) is 0 Å². The molecule has 0 fully saturated rings. The van der Waals surface area contributed by atoms with Crippen molar-refractivity contribution in [1.29, 1.82) is 0 Å². The number of ether oxygens (including phenoxy) is 2. The molecule has 0 saturated carbocycles. The first-order chi connectivity index (χ1) is 11.0. The Balaban J connectivity index is 2.27. The number of methoxy groups -OCH3 is 2. The lowest BCUT2D eigenvalue weighted by Crippen LogP contribution is -2.27. The third-order valence-corrected chi connectivity index (χ3v) is 5.09. The highest BCUT2D eigenvalue weighted by molar-refractivity contribution is 14.1. The van der Waals surface area contributed by atoms with E-state index >= 15 is 0 Å². The number of carbonyl (C=O) groups excluding carboxylic acids is 1. The van der Waals surface area contributed by atoms with Crippen LogP contribution in [0.25, 0.3) is 0 Å². The largest absolute Gasteiger partial charge is 0.493 e. The van der Waals surface area contributed by atoms with Gasteiger partial charge in [-0.1, -0.05) is 24.3 Å². The molecule has 0 unspecified atom stereocenters. The van der Waals surface area contributed by atoms with E-state index in [9.17, 15) is 4.79 Å². The van der Waals surface area contributed by atoms with Crippen molar-refractivity contribution in [3.05, 3.63) is 56.7 Å². The summed E-state index contributed by atoms with van der Waals surface area (Å²) in [5.41, 5.74) is 2.73. The number of halogens is 1. The molecular formula is C18H20INO3. The lowest BCUT2D eigenvalue weighted by Gasteiger charge is -2.21. The van der Waals surface area contributed by atoms with Crippen LogP contribution < -0.4 is 9.47 Å². The van der Waals surface area contributed by atoms with Gasteiger partial charge < -0.3 is 14.4 Å². The van der Waals surface area contributed by atoms with E-state index in [0.29, 0.717) is 18.0 Å². The molecule has 5 heteroatoms. The molecule has 0 aliphatic carbocycles. The zero-order valence-corrected chi connectivity index (χ0v) is 15.9. The van der Waals surface area contributed by atoms with Gasteiger partial charge in [0, 0.05) is 22.7 Å². The Labute approximate surface area is 150 Å². The molecule has 0 heterocycles. The highest BCUT2D eigenvalue weighted by Gasteiger charge is 2.18. The summed E-state index contributed by atoms with van der Waals surface area (Å²) in [4.78, 5) is 14.4. The monoisotopic (exact) mass is 425 g/mol. The first-order valence-corrected chi connectivity index (χ1v) is 8.28. The van der Waals surface area contributed by atoms with Gasteiger partial charge in [0.05, 0.1) is 19.8 Å². The fraction of sp³-hybridized carbons (Fsp3) is 0.278. The summed E-state index contributed by atoms with van der Waals surface area (Å²) >= 11 is 2.22. The maximum Gasteiger partial charge on any atom is 0.254 e. The zero-order chi connectivity index (χ0) is 17.0. The van der Waals surface area contributed by atoms with E-state index in [2.05, 4.69) is 22.6 Å². The SMILES string of the molecule is COc1cccc(CN(C)C(=O)c2cccc(C)c2I)c1OC. The third kappa shape index (κ3) is 3.77. The van der Waals surface area contributed by atoms with Gasteiger partial charge in [0.25, 0.3) is 5.91 Å². The summed E-state index contributed by atoms with van der Waals surface area (Å²) in [6, 6.07) is 11.4. The number of rotatable bonds is 5. The number of para-hydroxylation sites is 1. The standard InChI is InChI=1S/C18H20INO3/c1-12-7-5-9-14(16(12)19)18(21)20(2)11-13-8-6-10-15(22-3)17(13)23-4/h5-10H,11H2,1-4H3. The minimum Gasteiger partial charge on any atom is -0.493 e. The summed E-state index contributed by atoms with van der Waals surface area (Å²) in [5.74, 6) is 1.31. The number of aryl methyl sites for hydroxylation is 1. The number of amides is 1. The summed E-state index contributed by atoms with van der Waals surface area (Å²) in [7, 11) is 5.00. The number of nitrogens with zero attached hydrogens (tertiary/aromatic N) is 1. The van der Waals surface area contributed by atoms with Crippen molar-refractivity contribution >= 4 is 28.5 Å². The summed E-state index contributed by atoms with van der Waals surface area (Å²) in [6.45, 7) is 2.45. The lowest BCUT2D eigenvalue weighted by atomic mass is 10.1. The second-order valence-electron chi connectivity index (χ2n) is 5.25. The minimum atomic E-state index is -0.0111. The maximum atomic E-state index is 12.7. The van der Waals surface area contributed by atoms with Crippen molar-refractivity contribution in [2.45, 2.75) is 13.5 Å². The summed E-state index contributed by atoms with van der Waals surface area (Å²) in [6.07, 6.45) is 0. The second-order valence-corrected chi connectivity index (χ2v) is 6.33. The summed E-state index contributed by atoms with van der Waals surface area (Å²) < 4.78 is 11.7. The van der Waals surface area contributed by atoms with Gasteiger partial charge in [-0.05, 0) is 47.2 Å². The molecule has 2 rings (SSSR count). The number of hydrogen-bond acceptors (Lipinski definition) is 3. The molecule has 0 spiro atoms. The van der Waals surface area contributed by atoms with Crippen LogP contribution in [-0.4, -0.2) is 32.1 Å². The average Bonchev–Trinajstić information content (AvgIpc) is 2.56. The Morgan fingerprint density at radius 3 is 2.48 bits per heavy atom. The predicted molar refractivity (Wildman–Crippen MR) is 99.2 cm³/mol.